The van der Waals surface area contributed by atoms with E-state index in [1.54, 1.807) is 19.1 Å². The number of rotatable bonds is 3. The topological polar surface area (TPSA) is 31.4 Å². The Bertz CT molecular complexity index is 953. The minimum atomic E-state index is -1.23. The molecule has 1 aliphatic heterocycles. The maximum Gasteiger partial charge on any atom is 0.201 e. The maximum absolute atomic E-state index is 14.7. The fraction of sp³-hybridized carbons (Fsp3) is 0.211. The largest absolute Gasteiger partial charge is 0.343 e. The van der Waals surface area contributed by atoms with Crippen molar-refractivity contribution in [3.8, 4) is 21.6 Å². The van der Waals surface area contributed by atoms with E-state index in [0.717, 1.165) is 6.07 Å². The first-order valence-electron chi connectivity index (χ1n) is 7.96. The number of ether oxygens (including phenoxy) is 2. The van der Waals surface area contributed by atoms with E-state index in [9.17, 15) is 13.2 Å². The summed E-state index contributed by atoms with van der Waals surface area (Å²) in [5.41, 5.74) is -0.379. The Morgan fingerprint density at radius 1 is 1.08 bits per heavy atom. The molecule has 2 aromatic heterocycles. The Labute approximate surface area is 152 Å². The number of hydrogen-bond acceptors (Lipinski definition) is 4. The van der Waals surface area contributed by atoms with Crippen LogP contribution in [0.15, 0.2) is 42.7 Å². The van der Waals surface area contributed by atoms with Crippen LogP contribution in [0.5, 0.6) is 0 Å². The van der Waals surface area contributed by atoms with Gasteiger partial charge in [0.05, 0.1) is 23.7 Å². The molecule has 0 aliphatic carbocycles. The van der Waals surface area contributed by atoms with Gasteiger partial charge in [-0.3, -0.25) is 4.98 Å². The third-order valence-electron chi connectivity index (χ3n) is 4.27. The molecule has 0 bridgehead atoms. The second-order valence-electron chi connectivity index (χ2n) is 5.96. The first-order valence-corrected chi connectivity index (χ1v) is 8.78. The number of hydrogen-bond donors (Lipinski definition) is 0. The molecule has 0 saturated carbocycles. The van der Waals surface area contributed by atoms with E-state index >= 15 is 0 Å². The van der Waals surface area contributed by atoms with Gasteiger partial charge >= 0.3 is 0 Å². The molecular formula is C19H14F3NO2S. The molecule has 3 nitrogen and oxygen atoms in total. The average molecular weight is 377 g/mol. The van der Waals surface area contributed by atoms with Gasteiger partial charge in [0.2, 0.25) is 5.79 Å². The van der Waals surface area contributed by atoms with Gasteiger partial charge in [0.25, 0.3) is 0 Å². The zero-order valence-electron chi connectivity index (χ0n) is 13.8. The lowest BCUT2D eigenvalue weighted by Crippen LogP contribution is -2.20. The molecule has 7 heteroatoms. The molecule has 0 amide bonds. The predicted octanol–water partition coefficient (Wildman–Crippen LogP) is 5.11. The lowest BCUT2D eigenvalue weighted by atomic mass is 10.0. The summed E-state index contributed by atoms with van der Waals surface area (Å²) in [5.74, 6) is -4.09. The number of thiophene rings is 1. The van der Waals surface area contributed by atoms with Crippen molar-refractivity contribution in [2.45, 2.75) is 12.7 Å². The Balaban J connectivity index is 1.78. The van der Waals surface area contributed by atoms with E-state index in [0.29, 0.717) is 23.0 Å². The zero-order chi connectivity index (χ0) is 18.3. The van der Waals surface area contributed by atoms with Crippen molar-refractivity contribution in [3.63, 3.8) is 0 Å². The van der Waals surface area contributed by atoms with Gasteiger partial charge < -0.3 is 9.47 Å². The van der Waals surface area contributed by atoms with E-state index in [4.69, 9.17) is 9.47 Å². The number of benzene rings is 1. The fourth-order valence-electron chi connectivity index (χ4n) is 2.93. The third kappa shape index (κ3) is 2.82. The molecule has 1 aromatic carbocycles. The van der Waals surface area contributed by atoms with Crippen molar-refractivity contribution in [1.29, 1.82) is 0 Å². The van der Waals surface area contributed by atoms with Crippen molar-refractivity contribution in [2.24, 2.45) is 0 Å². The number of pyridine rings is 1. The number of aromatic nitrogens is 1. The first kappa shape index (κ1) is 17.2. The summed E-state index contributed by atoms with van der Waals surface area (Å²) in [6, 6.07) is 7.35. The van der Waals surface area contributed by atoms with Crippen molar-refractivity contribution >= 4 is 11.3 Å². The molecular weight excluding hydrogens is 363 g/mol. The van der Waals surface area contributed by atoms with Gasteiger partial charge in [0.1, 0.15) is 5.82 Å². The minimum Gasteiger partial charge on any atom is -0.343 e. The second kappa shape index (κ2) is 6.50. The lowest BCUT2D eigenvalue weighted by Gasteiger charge is -2.20. The Kier molecular flexibility index (Phi) is 4.30. The molecule has 0 spiro atoms. The summed E-state index contributed by atoms with van der Waals surface area (Å²) < 4.78 is 55.0. The van der Waals surface area contributed by atoms with Crippen LogP contribution in [0.4, 0.5) is 13.2 Å². The van der Waals surface area contributed by atoms with Crippen LogP contribution in [-0.2, 0) is 15.3 Å². The molecule has 3 heterocycles. The molecule has 0 unspecified atom stereocenters. The summed E-state index contributed by atoms with van der Waals surface area (Å²) in [6.45, 7) is 2.68. The van der Waals surface area contributed by atoms with Crippen molar-refractivity contribution in [1.82, 2.24) is 4.98 Å². The monoisotopic (exact) mass is 377 g/mol. The number of nitrogens with zero attached hydrogens (tertiary/aromatic N) is 1. The highest BCUT2D eigenvalue weighted by Crippen LogP contribution is 2.41. The molecule has 1 aliphatic rings. The van der Waals surface area contributed by atoms with Gasteiger partial charge in [-0.1, -0.05) is 6.07 Å². The van der Waals surface area contributed by atoms with Crippen LogP contribution in [0.3, 0.4) is 0 Å². The Morgan fingerprint density at radius 2 is 1.85 bits per heavy atom. The second-order valence-corrected chi connectivity index (χ2v) is 7.04. The first-order chi connectivity index (χ1) is 12.5. The van der Waals surface area contributed by atoms with Gasteiger partial charge in [-0.25, -0.2) is 13.2 Å². The summed E-state index contributed by atoms with van der Waals surface area (Å²) in [5, 5.41) is 0. The molecule has 1 fully saturated rings. The van der Waals surface area contributed by atoms with Crippen LogP contribution in [0.25, 0.3) is 21.6 Å². The maximum atomic E-state index is 14.7. The van der Waals surface area contributed by atoms with Crippen LogP contribution in [0.1, 0.15) is 11.8 Å². The summed E-state index contributed by atoms with van der Waals surface area (Å²) in [6.07, 6.45) is 2.77. The fourth-order valence-corrected chi connectivity index (χ4v) is 4.00. The zero-order valence-corrected chi connectivity index (χ0v) is 14.6. The predicted molar refractivity (Wildman–Crippen MR) is 92.1 cm³/mol. The van der Waals surface area contributed by atoms with E-state index in [1.165, 1.54) is 35.9 Å². The molecule has 1 saturated heterocycles. The third-order valence-corrected chi connectivity index (χ3v) is 5.57. The Morgan fingerprint density at radius 3 is 2.54 bits per heavy atom. The van der Waals surface area contributed by atoms with E-state index in [1.807, 2.05) is 0 Å². The quantitative estimate of drug-likeness (QED) is 0.594. The van der Waals surface area contributed by atoms with Gasteiger partial charge in [0.15, 0.2) is 11.6 Å². The normalized spacial score (nSPS) is 16.2. The van der Waals surface area contributed by atoms with Gasteiger partial charge in [-0.05, 0) is 31.2 Å². The summed E-state index contributed by atoms with van der Waals surface area (Å²) in [7, 11) is 0. The average Bonchev–Trinajstić information content (AvgIpc) is 3.29. The molecule has 0 radical (unpaired) electrons. The van der Waals surface area contributed by atoms with Crippen LogP contribution < -0.4 is 0 Å². The van der Waals surface area contributed by atoms with Crippen molar-refractivity contribution in [3.05, 3.63) is 65.1 Å². The van der Waals surface area contributed by atoms with Crippen LogP contribution in [0, 0.1) is 17.5 Å². The van der Waals surface area contributed by atoms with Gasteiger partial charge in [-0.2, -0.15) is 0 Å². The smallest absolute Gasteiger partial charge is 0.201 e. The standard InChI is InChI=1S/C19H14F3NO2S/c1-19(24-7-8-25-19)15-5-4-14(26-15)12-9-13(20)16(18(22)17(12)21)11-3-2-6-23-10-11/h2-6,9-10H,7-8H2,1H3. The highest BCUT2D eigenvalue weighted by atomic mass is 32.1. The van der Waals surface area contributed by atoms with Gasteiger partial charge in [-0.15, -0.1) is 11.3 Å². The molecule has 0 atom stereocenters. The van der Waals surface area contributed by atoms with E-state index in [-0.39, 0.29) is 11.1 Å². The van der Waals surface area contributed by atoms with Crippen LogP contribution in [0.2, 0.25) is 0 Å². The Hall–Kier alpha value is -2.22. The molecule has 134 valence electrons. The van der Waals surface area contributed by atoms with E-state index < -0.39 is 28.8 Å². The lowest BCUT2D eigenvalue weighted by molar-refractivity contribution is -0.146. The molecule has 4 rings (SSSR count). The van der Waals surface area contributed by atoms with E-state index in [2.05, 4.69) is 4.98 Å². The van der Waals surface area contributed by atoms with Crippen molar-refractivity contribution < 1.29 is 22.6 Å². The van der Waals surface area contributed by atoms with Crippen LogP contribution in [-0.4, -0.2) is 18.2 Å². The number of halogens is 3. The highest BCUT2D eigenvalue weighted by molar-refractivity contribution is 7.15. The van der Waals surface area contributed by atoms with Crippen LogP contribution >= 0.6 is 11.3 Å². The SMILES string of the molecule is CC1(c2ccc(-c3cc(F)c(-c4cccnc4)c(F)c3F)s2)OCCO1. The molecule has 0 N–H and O–H groups in total. The molecule has 3 aromatic rings. The highest BCUT2D eigenvalue weighted by Gasteiger charge is 2.35. The van der Waals surface area contributed by atoms with Crippen molar-refractivity contribution in [2.75, 3.05) is 13.2 Å². The van der Waals surface area contributed by atoms with Gasteiger partial charge in [0, 0.05) is 28.4 Å². The molecule has 26 heavy (non-hydrogen) atoms. The minimum absolute atomic E-state index is 0.134. The summed E-state index contributed by atoms with van der Waals surface area (Å²) in [4.78, 5) is 4.93. The summed E-state index contributed by atoms with van der Waals surface area (Å²) >= 11 is 1.18.